The highest BCUT2D eigenvalue weighted by Gasteiger charge is 2.37. The summed E-state index contributed by atoms with van der Waals surface area (Å²) in [6, 6.07) is 0. The van der Waals surface area contributed by atoms with Gasteiger partial charge in [-0.2, -0.15) is 0 Å². The van der Waals surface area contributed by atoms with Gasteiger partial charge >= 0.3 is 0 Å². The van der Waals surface area contributed by atoms with Crippen molar-refractivity contribution in [1.82, 2.24) is 10.2 Å². The molecule has 2 rings (SSSR count). The van der Waals surface area contributed by atoms with Gasteiger partial charge in [-0.05, 0) is 13.5 Å². The largest absolute Gasteiger partial charge is 0.379 e. The summed E-state index contributed by atoms with van der Waals surface area (Å²) in [5.41, 5.74) is 0.299. The molecule has 0 radical (unpaired) electrons. The van der Waals surface area contributed by atoms with E-state index in [1.54, 1.807) is 0 Å². The van der Waals surface area contributed by atoms with Crippen molar-refractivity contribution in [3.05, 3.63) is 0 Å². The van der Waals surface area contributed by atoms with Gasteiger partial charge in [-0.15, -0.1) is 0 Å². The Morgan fingerprint density at radius 1 is 1.55 bits per heavy atom. The molecule has 0 saturated carbocycles. The van der Waals surface area contributed by atoms with E-state index in [0.29, 0.717) is 5.54 Å². The molecule has 0 unspecified atom stereocenters. The molecule has 2 aliphatic heterocycles. The fourth-order valence-electron chi connectivity index (χ4n) is 2.03. The normalized spacial score (nSPS) is 40.1. The summed E-state index contributed by atoms with van der Waals surface area (Å²) in [5, 5.41) is 3.56. The summed E-state index contributed by atoms with van der Waals surface area (Å²) in [5.74, 6) is 0. The van der Waals surface area contributed by atoms with Crippen LogP contribution in [-0.4, -0.2) is 50.3 Å². The minimum absolute atomic E-state index is 0.299. The molecule has 0 amide bonds. The molecule has 2 fully saturated rings. The number of hydrogen-bond donors (Lipinski definition) is 1. The fraction of sp³-hybridized carbons (Fsp3) is 1.00. The molecule has 11 heavy (non-hydrogen) atoms. The average Bonchev–Trinajstić information content (AvgIpc) is 2.37. The van der Waals surface area contributed by atoms with E-state index in [0.717, 1.165) is 26.3 Å². The number of nitrogens with zero attached hydrogens (tertiary/aromatic N) is 1. The lowest BCUT2D eigenvalue weighted by Crippen LogP contribution is -2.59. The lowest BCUT2D eigenvalue weighted by Gasteiger charge is -2.38. The van der Waals surface area contributed by atoms with Crippen LogP contribution in [0.5, 0.6) is 0 Å². The summed E-state index contributed by atoms with van der Waals surface area (Å²) >= 11 is 0. The Labute approximate surface area is 67.7 Å². The van der Waals surface area contributed by atoms with Crippen molar-refractivity contribution in [2.75, 3.05) is 39.9 Å². The summed E-state index contributed by atoms with van der Waals surface area (Å²) in [4.78, 5) is 2.38. The van der Waals surface area contributed by atoms with Crippen molar-refractivity contribution in [2.45, 2.75) is 12.0 Å². The smallest absolute Gasteiger partial charge is 0.0661 e. The third-order valence-electron chi connectivity index (χ3n) is 2.67. The van der Waals surface area contributed by atoms with E-state index in [1.807, 2.05) is 0 Å². The van der Waals surface area contributed by atoms with Crippen LogP contribution in [0, 0.1) is 0 Å². The molecular formula is C8H16N2O. The molecule has 1 N–H and O–H groups in total. The average molecular weight is 156 g/mol. The second-order valence-corrected chi connectivity index (χ2v) is 3.75. The van der Waals surface area contributed by atoms with Gasteiger partial charge < -0.3 is 15.0 Å². The van der Waals surface area contributed by atoms with Crippen LogP contribution in [0.25, 0.3) is 0 Å². The van der Waals surface area contributed by atoms with Crippen LogP contribution >= 0.6 is 0 Å². The third kappa shape index (κ3) is 1.41. The van der Waals surface area contributed by atoms with E-state index in [4.69, 9.17) is 4.74 Å². The van der Waals surface area contributed by atoms with Gasteiger partial charge in [-0.3, -0.25) is 0 Å². The van der Waals surface area contributed by atoms with Gasteiger partial charge in [-0.25, -0.2) is 0 Å². The molecule has 3 nitrogen and oxygen atoms in total. The zero-order valence-electron chi connectivity index (χ0n) is 7.10. The maximum atomic E-state index is 5.40. The monoisotopic (exact) mass is 156 g/mol. The Balaban J connectivity index is 2.00. The molecule has 0 aromatic carbocycles. The number of ether oxygens (including phenoxy) is 1. The molecule has 0 aromatic rings. The van der Waals surface area contributed by atoms with Crippen LogP contribution in [-0.2, 0) is 4.74 Å². The predicted molar refractivity (Wildman–Crippen MR) is 43.7 cm³/mol. The quantitative estimate of drug-likeness (QED) is 0.520. The number of nitrogens with one attached hydrogen (secondary N) is 1. The van der Waals surface area contributed by atoms with Crippen LogP contribution in [0.1, 0.15) is 6.42 Å². The van der Waals surface area contributed by atoms with E-state index in [1.165, 1.54) is 13.0 Å². The van der Waals surface area contributed by atoms with E-state index in [9.17, 15) is 0 Å². The van der Waals surface area contributed by atoms with Gasteiger partial charge in [0, 0.05) is 26.2 Å². The molecular weight excluding hydrogens is 140 g/mol. The van der Waals surface area contributed by atoms with Crippen molar-refractivity contribution in [3.8, 4) is 0 Å². The van der Waals surface area contributed by atoms with Crippen molar-refractivity contribution in [3.63, 3.8) is 0 Å². The van der Waals surface area contributed by atoms with Crippen molar-refractivity contribution in [2.24, 2.45) is 0 Å². The Kier molecular flexibility index (Phi) is 1.87. The molecule has 2 heterocycles. The first kappa shape index (κ1) is 7.53. The highest BCUT2D eigenvalue weighted by molar-refractivity contribution is 4.96. The van der Waals surface area contributed by atoms with Crippen LogP contribution in [0.3, 0.4) is 0 Å². The van der Waals surface area contributed by atoms with Crippen LogP contribution in [0.15, 0.2) is 0 Å². The topological polar surface area (TPSA) is 24.5 Å². The molecule has 1 spiro atoms. The van der Waals surface area contributed by atoms with E-state index in [2.05, 4.69) is 17.3 Å². The summed E-state index contributed by atoms with van der Waals surface area (Å²) in [7, 11) is 2.18. The molecule has 0 bridgehead atoms. The first-order valence-electron chi connectivity index (χ1n) is 4.32. The molecule has 2 aliphatic rings. The maximum Gasteiger partial charge on any atom is 0.0661 e. The fourth-order valence-corrected chi connectivity index (χ4v) is 2.03. The van der Waals surface area contributed by atoms with Gasteiger partial charge in [0.1, 0.15) is 0 Å². The Hall–Kier alpha value is -0.120. The second kappa shape index (κ2) is 2.73. The number of rotatable bonds is 0. The van der Waals surface area contributed by atoms with Crippen molar-refractivity contribution >= 4 is 0 Å². The Morgan fingerprint density at radius 2 is 2.45 bits per heavy atom. The van der Waals surface area contributed by atoms with Crippen LogP contribution in [0.2, 0.25) is 0 Å². The number of piperazine rings is 1. The molecule has 0 aromatic heterocycles. The maximum absolute atomic E-state index is 5.40. The minimum atomic E-state index is 0.299. The highest BCUT2D eigenvalue weighted by Crippen LogP contribution is 2.21. The Bertz CT molecular complexity index is 143. The SMILES string of the molecule is CN1CCN[C@]2(CCOC2)C1. The molecule has 64 valence electrons. The van der Waals surface area contributed by atoms with Gasteiger partial charge in [0.05, 0.1) is 12.1 Å². The third-order valence-corrected chi connectivity index (χ3v) is 2.67. The summed E-state index contributed by atoms with van der Waals surface area (Å²) in [6.45, 7) is 5.26. The first-order valence-corrected chi connectivity index (χ1v) is 4.32. The van der Waals surface area contributed by atoms with Crippen molar-refractivity contribution in [1.29, 1.82) is 0 Å². The minimum Gasteiger partial charge on any atom is -0.379 e. The lowest BCUT2D eigenvalue weighted by atomic mass is 9.96. The van der Waals surface area contributed by atoms with Gasteiger partial charge in [0.15, 0.2) is 0 Å². The standard InChI is InChI=1S/C8H16N2O/c1-10-4-3-9-8(6-10)2-5-11-7-8/h9H,2-7H2,1H3/t8-/m1/s1. The number of likely N-dealkylation sites (N-methyl/N-ethyl adjacent to an activating group) is 1. The predicted octanol–water partition coefficient (Wildman–Crippen LogP) is -0.319. The molecule has 0 aliphatic carbocycles. The molecule has 1 atom stereocenters. The zero-order valence-corrected chi connectivity index (χ0v) is 7.10. The highest BCUT2D eigenvalue weighted by atomic mass is 16.5. The lowest BCUT2D eigenvalue weighted by molar-refractivity contribution is 0.119. The molecule has 3 heteroatoms. The first-order chi connectivity index (χ1) is 5.31. The summed E-state index contributed by atoms with van der Waals surface area (Å²) in [6.07, 6.45) is 1.18. The van der Waals surface area contributed by atoms with Gasteiger partial charge in [0.25, 0.3) is 0 Å². The van der Waals surface area contributed by atoms with Gasteiger partial charge in [-0.1, -0.05) is 0 Å². The van der Waals surface area contributed by atoms with Crippen molar-refractivity contribution < 1.29 is 4.74 Å². The van der Waals surface area contributed by atoms with E-state index >= 15 is 0 Å². The zero-order chi connectivity index (χ0) is 7.73. The van der Waals surface area contributed by atoms with E-state index < -0.39 is 0 Å². The Morgan fingerprint density at radius 3 is 3.09 bits per heavy atom. The van der Waals surface area contributed by atoms with Crippen LogP contribution in [0.4, 0.5) is 0 Å². The number of hydrogen-bond acceptors (Lipinski definition) is 3. The second-order valence-electron chi connectivity index (χ2n) is 3.75. The van der Waals surface area contributed by atoms with Crippen LogP contribution < -0.4 is 5.32 Å². The van der Waals surface area contributed by atoms with E-state index in [-0.39, 0.29) is 0 Å². The van der Waals surface area contributed by atoms with Gasteiger partial charge in [0.2, 0.25) is 0 Å². The summed E-state index contributed by atoms with van der Waals surface area (Å²) < 4.78 is 5.40. The molecule has 2 saturated heterocycles.